The Morgan fingerprint density at radius 2 is 2.12 bits per heavy atom. The SMILES string of the molecule is C=C1CCC2(O)C3Cc4c(O)ccc5c4[C@@]2(CC[N@@+]3(C)CC2CC2)C1O5. The number of hydrogen-bond acceptors (Lipinski definition) is 3. The second kappa shape index (κ2) is 4.48. The van der Waals surface area contributed by atoms with E-state index in [1.54, 1.807) is 6.07 Å². The van der Waals surface area contributed by atoms with Crippen molar-refractivity contribution in [2.24, 2.45) is 5.92 Å². The Morgan fingerprint density at radius 3 is 2.88 bits per heavy atom. The lowest BCUT2D eigenvalue weighted by Crippen LogP contribution is -2.80. The molecule has 0 aromatic heterocycles. The maximum atomic E-state index is 12.3. The van der Waals surface area contributed by atoms with Crippen molar-refractivity contribution in [3.05, 3.63) is 35.4 Å². The Bertz CT molecular complexity index is 846. The van der Waals surface area contributed by atoms with Crippen molar-refractivity contribution in [3.8, 4) is 11.5 Å². The fourth-order valence-electron chi connectivity index (χ4n) is 7.08. The molecule has 1 saturated heterocycles. The van der Waals surface area contributed by atoms with Gasteiger partial charge in [-0.25, -0.2) is 0 Å². The molecule has 2 aliphatic heterocycles. The van der Waals surface area contributed by atoms with E-state index in [1.807, 2.05) is 6.07 Å². The first-order chi connectivity index (χ1) is 12.4. The number of quaternary nitrogens is 1. The van der Waals surface area contributed by atoms with Gasteiger partial charge in [0.05, 0.1) is 25.6 Å². The fourth-order valence-corrected chi connectivity index (χ4v) is 7.08. The molecule has 2 bridgehead atoms. The third-order valence-electron chi connectivity index (χ3n) is 8.45. The van der Waals surface area contributed by atoms with Crippen LogP contribution in [0, 0.1) is 5.92 Å². The molecule has 1 aromatic rings. The predicted molar refractivity (Wildman–Crippen MR) is 98.3 cm³/mol. The fraction of sp³-hybridized carbons (Fsp3) is 0.636. The first-order valence-electron chi connectivity index (χ1n) is 10.2. The van der Waals surface area contributed by atoms with Gasteiger partial charge in [0.2, 0.25) is 0 Å². The summed E-state index contributed by atoms with van der Waals surface area (Å²) in [5.41, 5.74) is 2.03. The molecule has 4 heteroatoms. The number of phenols is 1. The van der Waals surface area contributed by atoms with E-state index in [0.29, 0.717) is 5.75 Å². The van der Waals surface area contributed by atoms with Crippen molar-refractivity contribution in [1.29, 1.82) is 0 Å². The summed E-state index contributed by atoms with van der Waals surface area (Å²) in [6.07, 6.45) is 5.78. The maximum absolute atomic E-state index is 12.3. The van der Waals surface area contributed by atoms with Crippen LogP contribution in [0.15, 0.2) is 24.3 Å². The van der Waals surface area contributed by atoms with Gasteiger partial charge in [0, 0.05) is 29.9 Å². The summed E-state index contributed by atoms with van der Waals surface area (Å²) in [5.74, 6) is 2.05. The third-order valence-corrected chi connectivity index (χ3v) is 8.45. The molecule has 2 heterocycles. The number of phenolic OH excluding ortho intramolecular Hbond substituents is 1. The van der Waals surface area contributed by atoms with Gasteiger partial charge < -0.3 is 19.4 Å². The lowest BCUT2D eigenvalue weighted by atomic mass is 9.48. The van der Waals surface area contributed by atoms with Crippen molar-refractivity contribution in [2.45, 2.75) is 61.7 Å². The van der Waals surface area contributed by atoms with E-state index in [0.717, 1.165) is 71.6 Å². The number of likely N-dealkylation sites (tertiary alicyclic amines) is 1. The highest BCUT2D eigenvalue weighted by molar-refractivity contribution is 5.62. The van der Waals surface area contributed by atoms with Gasteiger partial charge in [0.25, 0.3) is 0 Å². The van der Waals surface area contributed by atoms with Gasteiger partial charge in [-0.2, -0.15) is 0 Å². The molecular formula is C22H28NO3+. The number of ether oxygens (including phenoxy) is 1. The highest BCUT2D eigenvalue weighted by atomic mass is 16.5. The van der Waals surface area contributed by atoms with Crippen LogP contribution >= 0.6 is 0 Å². The lowest BCUT2D eigenvalue weighted by molar-refractivity contribution is -0.950. The second-order valence-corrected chi connectivity index (χ2v) is 9.79. The molecule has 1 spiro atoms. The van der Waals surface area contributed by atoms with Gasteiger partial charge >= 0.3 is 0 Å². The maximum Gasteiger partial charge on any atom is 0.133 e. The summed E-state index contributed by atoms with van der Waals surface area (Å²) >= 11 is 0. The molecule has 3 fully saturated rings. The van der Waals surface area contributed by atoms with Gasteiger partial charge in [-0.05, 0) is 43.4 Å². The minimum Gasteiger partial charge on any atom is -0.508 e. The Kier molecular flexibility index (Phi) is 2.67. The van der Waals surface area contributed by atoms with Crippen LogP contribution in [0.5, 0.6) is 11.5 Å². The summed E-state index contributed by atoms with van der Waals surface area (Å²) in [6, 6.07) is 3.79. The van der Waals surface area contributed by atoms with Crippen LogP contribution in [0.2, 0.25) is 0 Å². The zero-order chi connectivity index (χ0) is 17.9. The van der Waals surface area contributed by atoms with E-state index in [9.17, 15) is 10.2 Å². The van der Waals surface area contributed by atoms with Crippen LogP contribution in [0.1, 0.15) is 43.2 Å². The van der Waals surface area contributed by atoms with E-state index in [1.165, 1.54) is 12.8 Å². The summed E-state index contributed by atoms with van der Waals surface area (Å²) in [7, 11) is 2.34. The molecule has 3 unspecified atom stereocenters. The number of nitrogens with zero attached hydrogens (tertiary/aromatic N) is 1. The standard InChI is InChI=1S/C22H27NO3/c1-13-7-8-22(25)18-11-15-16(24)5-6-17-19(15)21(22,20(13)26-17)9-10-23(18,2)12-14-3-4-14/h5-6,14,18,20,25H,1,3-4,7-12H2,2H3/p+1/t18?,20?,21-,22?,23-/m0/s1. The van der Waals surface area contributed by atoms with Crippen LogP contribution in [-0.4, -0.2) is 52.6 Å². The molecule has 5 aliphatic rings. The zero-order valence-electron chi connectivity index (χ0n) is 15.5. The summed E-state index contributed by atoms with van der Waals surface area (Å²) in [5, 5.41) is 23.0. The van der Waals surface area contributed by atoms with Crippen LogP contribution in [0.4, 0.5) is 0 Å². The molecule has 1 aromatic carbocycles. The first kappa shape index (κ1) is 15.5. The average molecular weight is 354 g/mol. The number of likely N-dealkylation sites (N-methyl/N-ethyl adjacent to an activating group) is 1. The highest BCUT2D eigenvalue weighted by Gasteiger charge is 2.75. The van der Waals surface area contributed by atoms with Crippen LogP contribution in [0.3, 0.4) is 0 Å². The number of rotatable bonds is 2. The van der Waals surface area contributed by atoms with E-state index in [-0.39, 0.29) is 12.1 Å². The Morgan fingerprint density at radius 1 is 1.31 bits per heavy atom. The number of hydrogen-bond donors (Lipinski definition) is 2. The molecule has 3 aliphatic carbocycles. The predicted octanol–water partition coefficient (Wildman–Crippen LogP) is 2.66. The first-order valence-corrected chi connectivity index (χ1v) is 10.2. The number of aliphatic hydroxyl groups is 1. The minimum atomic E-state index is -0.771. The number of benzene rings is 1. The quantitative estimate of drug-likeness (QED) is 0.634. The summed E-state index contributed by atoms with van der Waals surface area (Å²) in [6.45, 7) is 6.55. The van der Waals surface area contributed by atoms with Crippen LogP contribution in [0.25, 0.3) is 0 Å². The van der Waals surface area contributed by atoms with E-state index in [4.69, 9.17) is 4.74 Å². The smallest absolute Gasteiger partial charge is 0.133 e. The zero-order valence-corrected chi connectivity index (χ0v) is 15.5. The molecule has 0 amide bonds. The molecule has 2 saturated carbocycles. The molecular weight excluding hydrogens is 326 g/mol. The van der Waals surface area contributed by atoms with Crippen molar-refractivity contribution in [1.82, 2.24) is 0 Å². The molecule has 26 heavy (non-hydrogen) atoms. The van der Waals surface area contributed by atoms with E-state index >= 15 is 0 Å². The molecule has 138 valence electrons. The average Bonchev–Trinajstić information content (AvgIpc) is 3.33. The monoisotopic (exact) mass is 354 g/mol. The Hall–Kier alpha value is -1.52. The summed E-state index contributed by atoms with van der Waals surface area (Å²) < 4.78 is 7.33. The van der Waals surface area contributed by atoms with Gasteiger partial charge in [-0.3, -0.25) is 0 Å². The molecule has 6 rings (SSSR count). The largest absolute Gasteiger partial charge is 0.508 e. The van der Waals surface area contributed by atoms with Crippen LogP contribution < -0.4 is 4.74 Å². The molecule has 5 atom stereocenters. The van der Waals surface area contributed by atoms with Crippen LogP contribution in [-0.2, 0) is 11.8 Å². The highest BCUT2D eigenvalue weighted by Crippen LogP contribution is 2.66. The third kappa shape index (κ3) is 1.56. The van der Waals surface area contributed by atoms with Crippen molar-refractivity contribution in [3.63, 3.8) is 0 Å². The van der Waals surface area contributed by atoms with Crippen molar-refractivity contribution in [2.75, 3.05) is 20.1 Å². The number of aromatic hydroxyl groups is 1. The molecule has 2 N–H and O–H groups in total. The molecule has 0 radical (unpaired) electrons. The molecule has 4 nitrogen and oxygen atoms in total. The Labute approximate surface area is 154 Å². The van der Waals surface area contributed by atoms with Gasteiger partial charge in [0.1, 0.15) is 29.2 Å². The normalized spacial score (nSPS) is 45.2. The second-order valence-electron chi connectivity index (χ2n) is 9.79. The topological polar surface area (TPSA) is 49.7 Å². The van der Waals surface area contributed by atoms with E-state index in [2.05, 4.69) is 13.6 Å². The van der Waals surface area contributed by atoms with Gasteiger partial charge in [-0.15, -0.1) is 0 Å². The van der Waals surface area contributed by atoms with Crippen molar-refractivity contribution < 1.29 is 19.4 Å². The van der Waals surface area contributed by atoms with Crippen molar-refractivity contribution >= 4 is 0 Å². The minimum absolute atomic E-state index is 0.128. The number of piperidine rings is 1. The van der Waals surface area contributed by atoms with Gasteiger partial charge in [-0.1, -0.05) is 6.58 Å². The Balaban J connectivity index is 1.61. The van der Waals surface area contributed by atoms with Gasteiger partial charge in [0.15, 0.2) is 0 Å². The lowest BCUT2D eigenvalue weighted by Gasteiger charge is -2.65. The van der Waals surface area contributed by atoms with E-state index < -0.39 is 11.0 Å². The summed E-state index contributed by atoms with van der Waals surface area (Å²) in [4.78, 5) is 0.